The summed E-state index contributed by atoms with van der Waals surface area (Å²) in [5, 5.41) is 6.40. The first kappa shape index (κ1) is 11.9. The summed E-state index contributed by atoms with van der Waals surface area (Å²) in [7, 11) is 0. The maximum absolute atomic E-state index is 11.6. The minimum absolute atomic E-state index is 0.187. The summed E-state index contributed by atoms with van der Waals surface area (Å²) in [6, 6.07) is 1.07. The van der Waals surface area contributed by atoms with Gasteiger partial charge in [-0.3, -0.25) is 4.79 Å². The van der Waals surface area contributed by atoms with Gasteiger partial charge in [-0.2, -0.15) is 0 Å². The van der Waals surface area contributed by atoms with E-state index >= 15 is 0 Å². The van der Waals surface area contributed by atoms with Gasteiger partial charge >= 0.3 is 0 Å². The van der Waals surface area contributed by atoms with Gasteiger partial charge in [0, 0.05) is 12.1 Å². The number of rotatable bonds is 5. The Labute approximate surface area is 98.4 Å². The van der Waals surface area contributed by atoms with Crippen LogP contribution in [0.1, 0.15) is 51.9 Å². The predicted octanol–water partition coefficient (Wildman–Crippen LogP) is 1.82. The van der Waals surface area contributed by atoms with Crippen LogP contribution in [0.15, 0.2) is 0 Å². The maximum Gasteiger partial charge on any atom is 0.234 e. The summed E-state index contributed by atoms with van der Waals surface area (Å²) in [4.78, 5) is 11.6. The number of carbonyl (C=O) groups is 1. The summed E-state index contributed by atoms with van der Waals surface area (Å²) in [5.74, 6) is 1.09. The van der Waals surface area contributed by atoms with Crippen LogP contribution in [-0.4, -0.2) is 24.5 Å². The lowest BCUT2D eigenvalue weighted by atomic mass is 9.84. The SMILES string of the molecule is CCC1CCC(NC(=O)CNC2CC2)CC1. The number of hydrogen-bond donors (Lipinski definition) is 2. The normalized spacial score (nSPS) is 30.1. The fourth-order valence-electron chi connectivity index (χ4n) is 2.52. The zero-order chi connectivity index (χ0) is 11.4. The van der Waals surface area contributed by atoms with Crippen molar-refractivity contribution in [3.63, 3.8) is 0 Å². The number of carbonyl (C=O) groups excluding carboxylic acids is 1. The average molecular weight is 224 g/mol. The third-order valence-corrected chi connectivity index (χ3v) is 3.92. The number of amides is 1. The molecule has 0 aliphatic heterocycles. The third kappa shape index (κ3) is 3.78. The van der Waals surface area contributed by atoms with Crippen molar-refractivity contribution in [2.45, 2.75) is 64.0 Å². The van der Waals surface area contributed by atoms with Crippen LogP contribution in [0.5, 0.6) is 0 Å². The maximum atomic E-state index is 11.6. The largest absolute Gasteiger partial charge is 0.352 e. The van der Waals surface area contributed by atoms with Crippen LogP contribution in [-0.2, 0) is 4.79 Å². The monoisotopic (exact) mass is 224 g/mol. The number of hydrogen-bond acceptors (Lipinski definition) is 2. The van der Waals surface area contributed by atoms with Crippen molar-refractivity contribution in [1.29, 1.82) is 0 Å². The smallest absolute Gasteiger partial charge is 0.234 e. The summed E-state index contributed by atoms with van der Waals surface area (Å²) in [5.41, 5.74) is 0. The molecule has 0 aromatic rings. The molecular weight excluding hydrogens is 200 g/mol. The Kier molecular flexibility index (Phi) is 4.22. The van der Waals surface area contributed by atoms with Crippen LogP contribution < -0.4 is 10.6 Å². The Morgan fingerprint density at radius 3 is 2.25 bits per heavy atom. The molecule has 2 fully saturated rings. The third-order valence-electron chi connectivity index (χ3n) is 3.92. The Hall–Kier alpha value is -0.570. The van der Waals surface area contributed by atoms with Gasteiger partial charge in [0.15, 0.2) is 0 Å². The van der Waals surface area contributed by atoms with E-state index in [0.717, 1.165) is 5.92 Å². The van der Waals surface area contributed by atoms with Gasteiger partial charge in [-0.25, -0.2) is 0 Å². The van der Waals surface area contributed by atoms with Crippen LogP contribution in [0.3, 0.4) is 0 Å². The van der Waals surface area contributed by atoms with Gasteiger partial charge in [-0.15, -0.1) is 0 Å². The van der Waals surface area contributed by atoms with Crippen LogP contribution in [0.4, 0.5) is 0 Å². The molecule has 1 amide bonds. The Morgan fingerprint density at radius 2 is 1.69 bits per heavy atom. The van der Waals surface area contributed by atoms with E-state index in [2.05, 4.69) is 17.6 Å². The van der Waals surface area contributed by atoms with Crippen LogP contribution >= 0.6 is 0 Å². The van der Waals surface area contributed by atoms with Crippen molar-refractivity contribution in [2.75, 3.05) is 6.54 Å². The van der Waals surface area contributed by atoms with E-state index in [9.17, 15) is 4.79 Å². The van der Waals surface area contributed by atoms with E-state index in [4.69, 9.17) is 0 Å². The van der Waals surface area contributed by atoms with Crippen LogP contribution in [0.2, 0.25) is 0 Å². The van der Waals surface area contributed by atoms with Gasteiger partial charge in [0.2, 0.25) is 5.91 Å². The molecule has 0 saturated heterocycles. The first-order valence-corrected chi connectivity index (χ1v) is 6.80. The van der Waals surface area contributed by atoms with Crippen molar-refractivity contribution in [3.05, 3.63) is 0 Å². The molecule has 2 aliphatic carbocycles. The molecule has 0 bridgehead atoms. The first-order chi connectivity index (χ1) is 7.78. The molecule has 92 valence electrons. The second-order valence-corrected chi connectivity index (χ2v) is 5.35. The minimum atomic E-state index is 0.187. The standard InChI is InChI=1S/C13H24N2O/c1-2-10-3-5-12(6-4-10)15-13(16)9-14-11-7-8-11/h10-12,14H,2-9H2,1H3,(H,15,16). The van der Waals surface area contributed by atoms with Crippen molar-refractivity contribution >= 4 is 5.91 Å². The molecule has 0 aromatic carbocycles. The summed E-state index contributed by atoms with van der Waals surface area (Å²) in [6.07, 6.45) is 8.71. The van der Waals surface area contributed by atoms with Crippen molar-refractivity contribution in [2.24, 2.45) is 5.92 Å². The molecule has 0 heterocycles. The van der Waals surface area contributed by atoms with E-state index in [0.29, 0.717) is 18.6 Å². The molecule has 0 aromatic heterocycles. The van der Waals surface area contributed by atoms with E-state index in [1.807, 2.05) is 0 Å². The zero-order valence-corrected chi connectivity index (χ0v) is 10.3. The summed E-state index contributed by atoms with van der Waals surface area (Å²) in [6.45, 7) is 2.78. The molecule has 0 spiro atoms. The van der Waals surface area contributed by atoms with Crippen molar-refractivity contribution in [1.82, 2.24) is 10.6 Å². The average Bonchev–Trinajstić information content (AvgIpc) is 3.11. The predicted molar refractivity (Wildman–Crippen MR) is 65.2 cm³/mol. The molecule has 2 N–H and O–H groups in total. The lowest BCUT2D eigenvalue weighted by Crippen LogP contribution is -2.42. The molecule has 0 unspecified atom stereocenters. The molecule has 3 nitrogen and oxygen atoms in total. The molecule has 0 radical (unpaired) electrons. The van der Waals surface area contributed by atoms with Gasteiger partial charge in [-0.05, 0) is 44.4 Å². The molecule has 16 heavy (non-hydrogen) atoms. The number of nitrogens with one attached hydrogen (secondary N) is 2. The second kappa shape index (κ2) is 5.67. The van der Waals surface area contributed by atoms with Crippen LogP contribution in [0, 0.1) is 5.92 Å². The van der Waals surface area contributed by atoms with Crippen LogP contribution in [0.25, 0.3) is 0 Å². The molecular formula is C13H24N2O. The molecule has 2 saturated carbocycles. The highest BCUT2D eigenvalue weighted by atomic mass is 16.1. The van der Waals surface area contributed by atoms with Gasteiger partial charge < -0.3 is 10.6 Å². The zero-order valence-electron chi connectivity index (χ0n) is 10.3. The second-order valence-electron chi connectivity index (χ2n) is 5.35. The highest BCUT2D eigenvalue weighted by molar-refractivity contribution is 5.78. The summed E-state index contributed by atoms with van der Waals surface area (Å²) < 4.78 is 0. The van der Waals surface area contributed by atoms with Gasteiger partial charge in [0.05, 0.1) is 6.54 Å². The summed E-state index contributed by atoms with van der Waals surface area (Å²) >= 11 is 0. The highest BCUT2D eigenvalue weighted by Gasteiger charge is 2.23. The van der Waals surface area contributed by atoms with E-state index in [1.165, 1.54) is 44.9 Å². The first-order valence-electron chi connectivity index (χ1n) is 6.80. The minimum Gasteiger partial charge on any atom is -0.352 e. The molecule has 3 heteroatoms. The fraction of sp³-hybridized carbons (Fsp3) is 0.923. The Morgan fingerprint density at radius 1 is 1.06 bits per heavy atom. The van der Waals surface area contributed by atoms with Gasteiger partial charge in [0.25, 0.3) is 0 Å². The highest BCUT2D eigenvalue weighted by Crippen LogP contribution is 2.26. The van der Waals surface area contributed by atoms with Crippen molar-refractivity contribution < 1.29 is 4.79 Å². The Bertz CT molecular complexity index is 230. The van der Waals surface area contributed by atoms with E-state index < -0.39 is 0 Å². The van der Waals surface area contributed by atoms with Gasteiger partial charge in [-0.1, -0.05) is 13.3 Å². The van der Waals surface area contributed by atoms with Gasteiger partial charge in [0.1, 0.15) is 0 Å². The molecule has 2 rings (SSSR count). The van der Waals surface area contributed by atoms with E-state index in [1.54, 1.807) is 0 Å². The molecule has 2 aliphatic rings. The lowest BCUT2D eigenvalue weighted by molar-refractivity contribution is -0.121. The Balaban J connectivity index is 1.59. The van der Waals surface area contributed by atoms with E-state index in [-0.39, 0.29) is 5.91 Å². The topological polar surface area (TPSA) is 41.1 Å². The lowest BCUT2D eigenvalue weighted by Gasteiger charge is -2.28. The fourth-order valence-corrected chi connectivity index (χ4v) is 2.52. The molecule has 0 atom stereocenters. The van der Waals surface area contributed by atoms with Crippen molar-refractivity contribution in [3.8, 4) is 0 Å². The quantitative estimate of drug-likeness (QED) is 0.748.